The lowest BCUT2D eigenvalue weighted by Crippen LogP contribution is -2.53. The molecule has 2 aromatic heterocycles. The van der Waals surface area contributed by atoms with Crippen LogP contribution in [0.3, 0.4) is 0 Å². The van der Waals surface area contributed by atoms with Gasteiger partial charge in [-0.1, -0.05) is 26.8 Å². The summed E-state index contributed by atoms with van der Waals surface area (Å²) in [7, 11) is 2.16. The maximum atomic E-state index is 12.5. The molecule has 3 aliphatic heterocycles. The number of pyridine rings is 1. The van der Waals surface area contributed by atoms with Crippen LogP contribution in [0, 0.1) is 23.7 Å². The highest BCUT2D eigenvalue weighted by Gasteiger charge is 2.42. The van der Waals surface area contributed by atoms with Crippen LogP contribution in [0.4, 0.5) is 27.8 Å². The Morgan fingerprint density at radius 1 is 1.18 bits per heavy atom. The molecule has 0 aliphatic carbocycles. The van der Waals surface area contributed by atoms with Gasteiger partial charge in [0.25, 0.3) is 0 Å². The predicted molar refractivity (Wildman–Crippen MR) is 174 cm³/mol. The largest absolute Gasteiger partial charge is 0.474 e. The molecule has 3 aliphatic rings. The van der Waals surface area contributed by atoms with Crippen molar-refractivity contribution in [1.29, 1.82) is 5.26 Å². The third-order valence-electron chi connectivity index (χ3n) is 9.50. The highest BCUT2D eigenvalue weighted by atomic mass is 16.5. The number of benzene rings is 1. The van der Waals surface area contributed by atoms with Crippen molar-refractivity contribution < 1.29 is 14.6 Å². The summed E-state index contributed by atoms with van der Waals surface area (Å²) in [5, 5.41) is 23.2. The first-order valence-electron chi connectivity index (χ1n) is 15.7. The smallest absolute Gasteiger partial charge is 0.412 e. The number of hydrogen-bond acceptors (Lipinski definition) is 9. The summed E-state index contributed by atoms with van der Waals surface area (Å²) in [6.07, 6.45) is 5.98. The molecule has 1 atom stereocenters. The summed E-state index contributed by atoms with van der Waals surface area (Å²) in [4.78, 5) is 32.6. The highest BCUT2D eigenvalue weighted by molar-refractivity contribution is 5.92. The second-order valence-electron chi connectivity index (χ2n) is 13.6. The number of anilines is 4. The number of carboxylic acid groups (broad SMARTS) is 1. The molecule has 45 heavy (non-hydrogen) atoms. The molecule has 6 rings (SSSR count). The number of rotatable bonds is 5. The number of ether oxygens (including phenoxy) is 1. The first-order chi connectivity index (χ1) is 21.5. The number of nitriles is 1. The topological polar surface area (TPSA) is 131 Å². The lowest BCUT2D eigenvalue weighted by atomic mass is 9.85. The fourth-order valence-electron chi connectivity index (χ4n) is 6.86. The van der Waals surface area contributed by atoms with Gasteiger partial charge in [0.05, 0.1) is 42.7 Å². The van der Waals surface area contributed by atoms with Crippen LogP contribution in [0.5, 0.6) is 5.88 Å². The van der Waals surface area contributed by atoms with E-state index in [0.717, 1.165) is 72.7 Å². The molecule has 11 nitrogen and oxygen atoms in total. The van der Waals surface area contributed by atoms with E-state index in [1.54, 1.807) is 6.20 Å². The van der Waals surface area contributed by atoms with E-state index in [4.69, 9.17) is 9.72 Å². The van der Waals surface area contributed by atoms with Crippen LogP contribution in [0.1, 0.15) is 67.5 Å². The molecular formula is C34H42N8O3. The third-order valence-corrected chi connectivity index (χ3v) is 9.50. The van der Waals surface area contributed by atoms with Crippen molar-refractivity contribution in [2.75, 3.05) is 48.4 Å². The first kappa shape index (κ1) is 30.6. The summed E-state index contributed by atoms with van der Waals surface area (Å²) in [6, 6.07) is 8.29. The Morgan fingerprint density at radius 3 is 2.67 bits per heavy atom. The number of piperidine rings is 1. The van der Waals surface area contributed by atoms with Crippen LogP contribution in [-0.2, 0) is 19.4 Å². The van der Waals surface area contributed by atoms with E-state index in [2.05, 4.69) is 56.4 Å². The van der Waals surface area contributed by atoms with Gasteiger partial charge >= 0.3 is 6.09 Å². The maximum absolute atomic E-state index is 12.5. The minimum Gasteiger partial charge on any atom is -0.474 e. The van der Waals surface area contributed by atoms with Gasteiger partial charge in [-0.2, -0.15) is 5.26 Å². The number of fused-ring (bicyclic) bond motifs is 2. The van der Waals surface area contributed by atoms with Gasteiger partial charge in [0.2, 0.25) is 11.8 Å². The average molecular weight is 611 g/mol. The predicted octanol–water partition coefficient (Wildman–Crippen LogP) is 5.65. The number of likely N-dealkylation sites (tertiary alicyclic amines) is 1. The van der Waals surface area contributed by atoms with Gasteiger partial charge < -0.3 is 25.0 Å². The monoisotopic (exact) mass is 610 g/mol. The van der Waals surface area contributed by atoms with E-state index >= 15 is 0 Å². The zero-order valence-corrected chi connectivity index (χ0v) is 26.8. The molecular weight excluding hydrogens is 568 g/mol. The van der Waals surface area contributed by atoms with Crippen LogP contribution in [0.15, 0.2) is 30.6 Å². The second-order valence-corrected chi connectivity index (χ2v) is 13.6. The minimum absolute atomic E-state index is 0.261. The number of carbonyl (C=O) groups is 1. The van der Waals surface area contributed by atoms with Gasteiger partial charge in [-0.05, 0) is 86.5 Å². The molecule has 0 bridgehead atoms. The molecule has 236 valence electrons. The quantitative estimate of drug-likeness (QED) is 0.374. The number of amides is 1. The first-order valence-corrected chi connectivity index (χ1v) is 15.7. The van der Waals surface area contributed by atoms with Gasteiger partial charge in [0, 0.05) is 24.0 Å². The fourth-order valence-corrected chi connectivity index (χ4v) is 6.86. The summed E-state index contributed by atoms with van der Waals surface area (Å²) >= 11 is 0. The SMILES string of the molecule is Cc1c(N2CCc3cnc(Nc4ccc(C5CCN(C)CC5)c(CC#N)c4)nc3C2)cnc2c1N(C(=O)O)C(C(C)(C)C)CO2. The Bertz CT molecular complexity index is 1640. The van der Waals surface area contributed by atoms with Crippen LogP contribution in [0.25, 0.3) is 0 Å². The van der Waals surface area contributed by atoms with Crippen molar-refractivity contribution in [3.63, 3.8) is 0 Å². The van der Waals surface area contributed by atoms with Crippen LogP contribution >= 0.6 is 0 Å². The van der Waals surface area contributed by atoms with Gasteiger partial charge in [0.1, 0.15) is 12.3 Å². The van der Waals surface area contributed by atoms with E-state index in [-0.39, 0.29) is 18.1 Å². The van der Waals surface area contributed by atoms with E-state index in [0.29, 0.717) is 36.4 Å². The molecule has 1 aromatic carbocycles. The number of nitrogens with one attached hydrogen (secondary N) is 1. The molecule has 2 N–H and O–H groups in total. The fraction of sp³-hybridized carbons (Fsp3) is 0.500. The van der Waals surface area contributed by atoms with E-state index in [1.165, 1.54) is 10.5 Å². The van der Waals surface area contributed by atoms with Crippen molar-refractivity contribution >= 4 is 29.1 Å². The van der Waals surface area contributed by atoms with Crippen molar-refractivity contribution in [3.05, 3.63) is 58.5 Å². The third kappa shape index (κ3) is 6.12. The zero-order chi connectivity index (χ0) is 31.9. The molecule has 1 saturated heterocycles. The van der Waals surface area contributed by atoms with Gasteiger partial charge in [0.15, 0.2) is 0 Å². The number of nitrogens with zero attached hydrogens (tertiary/aromatic N) is 7. The zero-order valence-electron chi connectivity index (χ0n) is 26.8. The maximum Gasteiger partial charge on any atom is 0.412 e. The molecule has 0 radical (unpaired) electrons. The molecule has 1 amide bonds. The summed E-state index contributed by atoms with van der Waals surface area (Å²) in [5.74, 6) is 1.33. The van der Waals surface area contributed by atoms with E-state index in [1.807, 2.05) is 33.9 Å². The molecule has 0 saturated carbocycles. The molecule has 1 fully saturated rings. The van der Waals surface area contributed by atoms with Gasteiger partial charge in [-0.3, -0.25) is 4.90 Å². The Kier molecular flexibility index (Phi) is 8.27. The van der Waals surface area contributed by atoms with Crippen LogP contribution in [0.2, 0.25) is 0 Å². The lowest BCUT2D eigenvalue weighted by Gasteiger charge is -2.43. The molecule has 5 heterocycles. The standard InChI is InChI=1S/C34H42N8O3/c1-21-28(18-36-31-30(21)42(33(43)44)29(20-45-31)34(2,3)4)41-15-11-24-17-37-32(39-27(24)19-41)38-25-6-7-26(23(16-25)8-12-35)22-9-13-40(5)14-10-22/h6-7,16-18,22,29H,8-11,13-15,19-20H2,1-5H3,(H,43,44)(H,37,38,39). The molecule has 11 heteroatoms. The average Bonchev–Trinajstić information content (AvgIpc) is 3.01. The second kappa shape index (κ2) is 12.2. The Balaban J connectivity index is 1.24. The highest BCUT2D eigenvalue weighted by Crippen LogP contribution is 2.43. The van der Waals surface area contributed by atoms with Crippen molar-refractivity contribution in [2.45, 2.75) is 71.9 Å². The Hall–Kier alpha value is -4.43. The minimum atomic E-state index is -1.01. The normalized spacial score (nSPS) is 18.9. The Morgan fingerprint density at radius 2 is 1.96 bits per heavy atom. The summed E-state index contributed by atoms with van der Waals surface area (Å²) < 4.78 is 5.98. The molecule has 0 spiro atoms. The number of aromatic nitrogens is 3. The van der Waals surface area contributed by atoms with Crippen LogP contribution < -0.4 is 19.9 Å². The van der Waals surface area contributed by atoms with E-state index in [9.17, 15) is 15.2 Å². The summed E-state index contributed by atoms with van der Waals surface area (Å²) in [5.41, 5.74) is 7.08. The van der Waals surface area contributed by atoms with Gasteiger partial charge in [-0.25, -0.2) is 19.7 Å². The molecule has 1 unspecified atom stereocenters. The lowest BCUT2D eigenvalue weighted by molar-refractivity contribution is 0.153. The Labute approximate surface area is 264 Å². The molecule has 3 aromatic rings. The van der Waals surface area contributed by atoms with Crippen molar-refractivity contribution in [3.8, 4) is 11.9 Å². The van der Waals surface area contributed by atoms with Crippen LogP contribution in [-0.4, -0.2) is 70.4 Å². The summed E-state index contributed by atoms with van der Waals surface area (Å²) in [6.45, 7) is 11.7. The van der Waals surface area contributed by atoms with Crippen molar-refractivity contribution in [2.24, 2.45) is 5.41 Å². The van der Waals surface area contributed by atoms with Gasteiger partial charge in [-0.15, -0.1) is 0 Å². The number of hydrogen-bond donors (Lipinski definition) is 2. The van der Waals surface area contributed by atoms with Crippen molar-refractivity contribution in [1.82, 2.24) is 19.9 Å². The van der Waals surface area contributed by atoms with E-state index < -0.39 is 6.09 Å².